The summed E-state index contributed by atoms with van der Waals surface area (Å²) in [6.45, 7) is 1.77. The number of carbonyl (C=O) groups excluding carboxylic acids is 1. The van der Waals surface area contributed by atoms with E-state index in [1.54, 1.807) is 47.7 Å². The van der Waals surface area contributed by atoms with Crippen LogP contribution in [0.5, 0.6) is 0 Å². The number of nitrogen functional groups attached to an aromatic ring is 1. The summed E-state index contributed by atoms with van der Waals surface area (Å²) in [5.41, 5.74) is 8.81. The highest BCUT2D eigenvalue weighted by Gasteiger charge is 2.25. The number of amides is 1. The molecule has 0 saturated heterocycles. The topological polar surface area (TPSA) is 138 Å². The number of nitrogens with two attached hydrogens (primary N) is 1. The van der Waals surface area contributed by atoms with Gasteiger partial charge in [-0.15, -0.1) is 16.4 Å². The fraction of sp³-hybridized carbons (Fsp3) is 0.111. The van der Waals surface area contributed by atoms with Crippen LogP contribution in [0.3, 0.4) is 0 Å². The van der Waals surface area contributed by atoms with Crippen molar-refractivity contribution >= 4 is 33.7 Å². The highest BCUT2D eigenvalue weighted by atomic mass is 32.1. The zero-order valence-corrected chi connectivity index (χ0v) is 21.7. The fourth-order valence-corrected chi connectivity index (χ4v) is 5.13. The lowest BCUT2D eigenvalue weighted by atomic mass is 10.0. The van der Waals surface area contributed by atoms with Gasteiger partial charge in [-0.1, -0.05) is 30.3 Å². The second kappa shape index (κ2) is 9.55. The molecule has 0 aliphatic rings. The Labute approximate surface area is 225 Å². The number of hydrogen-bond donors (Lipinski definition) is 2. The van der Waals surface area contributed by atoms with E-state index in [0.29, 0.717) is 38.8 Å². The molecule has 39 heavy (non-hydrogen) atoms. The van der Waals surface area contributed by atoms with Gasteiger partial charge in [0, 0.05) is 31.0 Å². The second-order valence-electron chi connectivity index (χ2n) is 8.75. The molecule has 192 valence electrons. The van der Waals surface area contributed by atoms with Crippen molar-refractivity contribution in [3.63, 3.8) is 0 Å². The molecule has 5 aromatic heterocycles. The van der Waals surface area contributed by atoms with E-state index in [-0.39, 0.29) is 16.9 Å². The highest BCUT2D eigenvalue weighted by Crippen LogP contribution is 2.27. The first-order valence-corrected chi connectivity index (χ1v) is 12.8. The van der Waals surface area contributed by atoms with E-state index in [4.69, 9.17) is 10.7 Å². The predicted molar refractivity (Wildman–Crippen MR) is 147 cm³/mol. The number of anilines is 1. The molecule has 1 amide bonds. The molecular formula is C27H21N9O2S. The van der Waals surface area contributed by atoms with Crippen molar-refractivity contribution in [1.29, 1.82) is 0 Å². The first kappa shape index (κ1) is 24.1. The summed E-state index contributed by atoms with van der Waals surface area (Å²) in [7, 11) is 1.81. The van der Waals surface area contributed by atoms with Crippen LogP contribution in [0.2, 0.25) is 0 Å². The number of nitrogens with one attached hydrogen (secondary N) is 1. The van der Waals surface area contributed by atoms with Gasteiger partial charge in [0.2, 0.25) is 0 Å². The van der Waals surface area contributed by atoms with Gasteiger partial charge in [0.15, 0.2) is 16.4 Å². The van der Waals surface area contributed by atoms with E-state index in [0.717, 1.165) is 0 Å². The Balaban J connectivity index is 1.45. The highest BCUT2D eigenvalue weighted by molar-refractivity contribution is 7.15. The van der Waals surface area contributed by atoms with E-state index in [1.807, 2.05) is 37.4 Å². The van der Waals surface area contributed by atoms with Crippen molar-refractivity contribution in [3.05, 3.63) is 99.4 Å². The molecule has 0 aliphatic heterocycles. The summed E-state index contributed by atoms with van der Waals surface area (Å²) < 4.78 is 4.60. The van der Waals surface area contributed by atoms with Crippen molar-refractivity contribution in [2.45, 2.75) is 13.0 Å². The molecule has 1 aromatic carbocycles. The molecule has 5 heterocycles. The van der Waals surface area contributed by atoms with Crippen LogP contribution in [-0.4, -0.2) is 39.7 Å². The van der Waals surface area contributed by atoms with Gasteiger partial charge in [0.05, 0.1) is 17.3 Å². The number of benzene rings is 1. The molecule has 1 atom stereocenters. The Morgan fingerprint density at radius 3 is 2.69 bits per heavy atom. The minimum Gasteiger partial charge on any atom is -0.381 e. The molecule has 0 unspecified atom stereocenters. The molecule has 11 nitrogen and oxygen atoms in total. The van der Waals surface area contributed by atoms with Gasteiger partial charge in [-0.2, -0.15) is 5.10 Å². The van der Waals surface area contributed by atoms with Crippen molar-refractivity contribution in [3.8, 4) is 23.0 Å². The lowest BCUT2D eigenvalue weighted by Gasteiger charge is -2.17. The Morgan fingerprint density at radius 1 is 1.10 bits per heavy atom. The molecule has 0 fully saturated rings. The van der Waals surface area contributed by atoms with Gasteiger partial charge >= 0.3 is 0 Å². The van der Waals surface area contributed by atoms with Crippen LogP contribution >= 0.6 is 11.3 Å². The molecular weight excluding hydrogens is 514 g/mol. The number of aryl methyl sites for hydroxylation is 1. The third-order valence-corrected chi connectivity index (χ3v) is 6.93. The predicted octanol–water partition coefficient (Wildman–Crippen LogP) is 2.67. The average molecular weight is 536 g/mol. The maximum atomic E-state index is 14.0. The molecule has 3 N–H and O–H groups in total. The quantitative estimate of drug-likeness (QED) is 0.331. The normalized spacial score (nSPS) is 11.8. The van der Waals surface area contributed by atoms with Crippen LogP contribution in [0.15, 0.2) is 71.2 Å². The largest absolute Gasteiger partial charge is 0.381 e. The van der Waals surface area contributed by atoms with Gasteiger partial charge in [-0.25, -0.2) is 18.9 Å². The lowest BCUT2D eigenvalue weighted by molar-refractivity contribution is 0.0941. The number of thiazole rings is 1. The minimum atomic E-state index is -0.645. The Kier molecular flexibility index (Phi) is 5.90. The van der Waals surface area contributed by atoms with Crippen molar-refractivity contribution in [2.24, 2.45) is 7.05 Å². The maximum absolute atomic E-state index is 14.0. The Bertz CT molecular complexity index is 1990. The Hall–Kier alpha value is -5.28. The van der Waals surface area contributed by atoms with E-state index in [1.165, 1.54) is 20.3 Å². The number of nitrogens with zero attached hydrogens (tertiary/aromatic N) is 7. The van der Waals surface area contributed by atoms with Crippen LogP contribution < -0.4 is 16.6 Å². The van der Waals surface area contributed by atoms with E-state index >= 15 is 0 Å². The van der Waals surface area contributed by atoms with Crippen LogP contribution in [0.25, 0.3) is 21.7 Å². The Morgan fingerprint density at radius 2 is 1.92 bits per heavy atom. The van der Waals surface area contributed by atoms with Crippen molar-refractivity contribution in [1.82, 2.24) is 39.1 Å². The summed E-state index contributed by atoms with van der Waals surface area (Å²) in [5, 5.41) is 13.2. The van der Waals surface area contributed by atoms with Crippen molar-refractivity contribution < 1.29 is 4.79 Å². The monoisotopic (exact) mass is 535 g/mol. The molecule has 6 aromatic rings. The smallest absolute Gasteiger partial charge is 0.267 e. The maximum Gasteiger partial charge on any atom is 0.267 e. The molecule has 0 saturated carbocycles. The summed E-state index contributed by atoms with van der Waals surface area (Å²) in [6.07, 6.45) is 5.02. The zero-order valence-electron chi connectivity index (χ0n) is 20.9. The fourth-order valence-electron chi connectivity index (χ4n) is 4.31. The molecule has 0 bridgehead atoms. The van der Waals surface area contributed by atoms with Crippen LogP contribution in [0, 0.1) is 11.8 Å². The van der Waals surface area contributed by atoms with Crippen LogP contribution in [0.1, 0.15) is 40.4 Å². The number of rotatable bonds is 4. The van der Waals surface area contributed by atoms with Gasteiger partial charge in [0.25, 0.3) is 11.5 Å². The third-order valence-electron chi connectivity index (χ3n) is 6.10. The SMILES string of the molecule is C[C@@H](NC(=O)c1c(N)nn2cccnc12)c1nc2scc(C#Cc3ccn(C)n3)n2c(=O)c1-c1ccccc1. The van der Waals surface area contributed by atoms with Gasteiger partial charge in [-0.05, 0) is 36.5 Å². The molecule has 0 radical (unpaired) electrons. The molecule has 0 spiro atoms. The standard InChI is InChI=1S/C27H21N9O2S/c1-16(30-25(37)21-23(28)33-35-13-6-12-29-24(21)35)22-20(17-7-4-3-5-8-17)26(38)36-19(15-39-27(36)31-22)10-9-18-11-14-34(2)32-18/h3-8,11-16H,1-2H3,(H2,28,33)(H,30,37)/t16-/m1/s1. The van der Waals surface area contributed by atoms with E-state index in [9.17, 15) is 9.59 Å². The summed E-state index contributed by atoms with van der Waals surface area (Å²) >= 11 is 1.29. The number of hydrogen-bond acceptors (Lipinski definition) is 8. The molecule has 12 heteroatoms. The molecule has 6 rings (SSSR count). The summed E-state index contributed by atoms with van der Waals surface area (Å²) in [4.78, 5) is 36.8. The van der Waals surface area contributed by atoms with E-state index < -0.39 is 11.9 Å². The average Bonchev–Trinajstić information content (AvgIpc) is 3.63. The van der Waals surface area contributed by atoms with E-state index in [2.05, 4.69) is 32.3 Å². The van der Waals surface area contributed by atoms with Crippen LogP contribution in [0.4, 0.5) is 5.82 Å². The third kappa shape index (κ3) is 4.30. The lowest BCUT2D eigenvalue weighted by Crippen LogP contribution is -2.30. The minimum absolute atomic E-state index is 0.0551. The van der Waals surface area contributed by atoms with Gasteiger partial charge < -0.3 is 11.1 Å². The summed E-state index contributed by atoms with van der Waals surface area (Å²) in [5.74, 6) is 5.63. The van der Waals surface area contributed by atoms with Gasteiger partial charge in [-0.3, -0.25) is 14.3 Å². The number of aromatic nitrogens is 7. The molecule has 0 aliphatic carbocycles. The first-order valence-electron chi connectivity index (χ1n) is 11.9. The summed E-state index contributed by atoms with van der Waals surface area (Å²) in [6, 6.07) is 12.1. The van der Waals surface area contributed by atoms with Crippen molar-refractivity contribution in [2.75, 3.05) is 5.73 Å². The first-order chi connectivity index (χ1) is 18.9. The second-order valence-corrected chi connectivity index (χ2v) is 9.59. The van der Waals surface area contributed by atoms with Gasteiger partial charge in [0.1, 0.15) is 17.0 Å². The van der Waals surface area contributed by atoms with Crippen LogP contribution in [-0.2, 0) is 7.05 Å². The zero-order chi connectivity index (χ0) is 27.1. The number of carbonyl (C=O) groups is 1. The number of fused-ring (bicyclic) bond motifs is 2.